The molecule has 0 aliphatic heterocycles. The number of aliphatic hydroxyl groups is 1. The molecule has 164 valence electrons. The molecular formula is C22H45NaO4S. The number of hydrogen-bond acceptors (Lipinski definition) is 4. The molecular weight excluding hydrogens is 383 g/mol. The SMILES string of the molecule is CCCCCCCCCC(CCCCCCCC(O)CCCC)S(=O)(=O)[O-].[Na+]. The van der Waals surface area contributed by atoms with Crippen molar-refractivity contribution in [1.29, 1.82) is 0 Å². The molecule has 2 atom stereocenters. The van der Waals surface area contributed by atoms with E-state index in [-0.39, 0.29) is 35.7 Å². The van der Waals surface area contributed by atoms with Gasteiger partial charge in [-0.3, -0.25) is 0 Å². The molecule has 0 amide bonds. The van der Waals surface area contributed by atoms with Crippen molar-refractivity contribution < 1.29 is 47.6 Å². The molecule has 1 N–H and O–H groups in total. The van der Waals surface area contributed by atoms with Crippen molar-refractivity contribution in [3.05, 3.63) is 0 Å². The van der Waals surface area contributed by atoms with Gasteiger partial charge in [0.2, 0.25) is 0 Å². The molecule has 6 heteroatoms. The molecule has 28 heavy (non-hydrogen) atoms. The number of aliphatic hydroxyl groups excluding tert-OH is 1. The molecule has 0 spiro atoms. The maximum atomic E-state index is 11.5. The minimum Gasteiger partial charge on any atom is -0.748 e. The molecule has 0 aromatic rings. The van der Waals surface area contributed by atoms with Crippen LogP contribution in [0.4, 0.5) is 0 Å². The van der Waals surface area contributed by atoms with Crippen molar-refractivity contribution in [2.75, 3.05) is 0 Å². The molecule has 0 bridgehead atoms. The van der Waals surface area contributed by atoms with Gasteiger partial charge in [-0.15, -0.1) is 0 Å². The Morgan fingerprint density at radius 2 is 1.00 bits per heavy atom. The maximum Gasteiger partial charge on any atom is 1.00 e. The van der Waals surface area contributed by atoms with Crippen molar-refractivity contribution in [2.24, 2.45) is 0 Å². The van der Waals surface area contributed by atoms with Crippen molar-refractivity contribution in [1.82, 2.24) is 0 Å². The van der Waals surface area contributed by atoms with Gasteiger partial charge in [-0.2, -0.15) is 0 Å². The van der Waals surface area contributed by atoms with Gasteiger partial charge in [-0.1, -0.05) is 104 Å². The zero-order valence-corrected chi connectivity index (χ0v) is 21.8. The predicted octanol–water partition coefficient (Wildman–Crippen LogP) is 3.33. The van der Waals surface area contributed by atoms with E-state index < -0.39 is 15.4 Å². The summed E-state index contributed by atoms with van der Waals surface area (Å²) in [6.07, 6.45) is 17.9. The van der Waals surface area contributed by atoms with Crippen molar-refractivity contribution in [3.8, 4) is 0 Å². The second-order valence-corrected chi connectivity index (χ2v) is 9.82. The zero-order valence-electron chi connectivity index (χ0n) is 19.0. The van der Waals surface area contributed by atoms with Crippen LogP contribution in [0.3, 0.4) is 0 Å². The fourth-order valence-electron chi connectivity index (χ4n) is 3.63. The van der Waals surface area contributed by atoms with Gasteiger partial charge in [0.15, 0.2) is 0 Å². The van der Waals surface area contributed by atoms with E-state index in [4.69, 9.17) is 0 Å². The Bertz CT molecular complexity index is 415. The largest absolute Gasteiger partial charge is 1.00 e. The first-order chi connectivity index (χ1) is 12.9. The molecule has 0 saturated heterocycles. The van der Waals surface area contributed by atoms with Crippen molar-refractivity contribution in [3.63, 3.8) is 0 Å². The van der Waals surface area contributed by atoms with Crippen LogP contribution >= 0.6 is 0 Å². The van der Waals surface area contributed by atoms with Crippen LogP contribution in [0.15, 0.2) is 0 Å². The molecule has 0 rings (SSSR count). The normalized spacial score (nSPS) is 13.9. The summed E-state index contributed by atoms with van der Waals surface area (Å²) in [4.78, 5) is 0. The third-order valence-electron chi connectivity index (χ3n) is 5.49. The number of hydrogen-bond donors (Lipinski definition) is 1. The standard InChI is InChI=1S/C22H46O4S.Na/c1-3-5-7-8-9-12-15-19-22(27(24,25)26)20-16-13-10-11-14-18-21(23)17-6-4-2;/h21-23H,3-20H2,1-2H3,(H,24,25,26);/q;+1/p-1. The fraction of sp³-hybridized carbons (Fsp3) is 1.00. The summed E-state index contributed by atoms with van der Waals surface area (Å²) >= 11 is 0. The first-order valence-corrected chi connectivity index (χ1v) is 13.0. The van der Waals surface area contributed by atoms with Crippen LogP contribution in [-0.4, -0.2) is 29.4 Å². The topological polar surface area (TPSA) is 77.4 Å². The Morgan fingerprint density at radius 3 is 1.43 bits per heavy atom. The number of rotatable bonds is 20. The molecule has 0 fully saturated rings. The van der Waals surface area contributed by atoms with Crippen molar-refractivity contribution in [2.45, 2.75) is 141 Å². The van der Waals surface area contributed by atoms with Crippen LogP contribution in [-0.2, 0) is 10.1 Å². The summed E-state index contributed by atoms with van der Waals surface area (Å²) in [6, 6.07) is 0. The summed E-state index contributed by atoms with van der Waals surface area (Å²) in [5.74, 6) is 0. The van der Waals surface area contributed by atoms with E-state index in [0.717, 1.165) is 77.0 Å². The van der Waals surface area contributed by atoms with Crippen LogP contribution in [0.2, 0.25) is 0 Å². The summed E-state index contributed by atoms with van der Waals surface area (Å²) < 4.78 is 34.4. The Labute approximate surface area is 197 Å². The fourth-order valence-corrected chi connectivity index (χ4v) is 4.54. The molecule has 0 aliphatic rings. The van der Waals surface area contributed by atoms with Gasteiger partial charge in [0, 0.05) is 5.25 Å². The summed E-state index contributed by atoms with van der Waals surface area (Å²) in [6.45, 7) is 4.33. The van der Waals surface area contributed by atoms with Crippen LogP contribution in [0.1, 0.15) is 129 Å². The van der Waals surface area contributed by atoms with Crippen LogP contribution < -0.4 is 29.6 Å². The Hall–Kier alpha value is 0.870. The van der Waals surface area contributed by atoms with Crippen molar-refractivity contribution >= 4 is 10.1 Å². The van der Waals surface area contributed by atoms with Crippen LogP contribution in [0, 0.1) is 0 Å². The minimum absolute atomic E-state index is 0. The van der Waals surface area contributed by atoms with Gasteiger partial charge in [0.1, 0.15) is 0 Å². The van der Waals surface area contributed by atoms with E-state index in [1.807, 2.05) is 0 Å². The molecule has 0 radical (unpaired) electrons. The molecule has 0 aromatic heterocycles. The zero-order chi connectivity index (χ0) is 20.4. The van der Waals surface area contributed by atoms with E-state index >= 15 is 0 Å². The first kappa shape index (κ1) is 31.1. The Balaban J connectivity index is 0. The van der Waals surface area contributed by atoms with Gasteiger partial charge in [-0.25, -0.2) is 8.42 Å². The smallest absolute Gasteiger partial charge is 0.748 e. The van der Waals surface area contributed by atoms with E-state index in [2.05, 4.69) is 13.8 Å². The van der Waals surface area contributed by atoms with Gasteiger partial charge in [0.25, 0.3) is 0 Å². The van der Waals surface area contributed by atoms with Crippen LogP contribution in [0.5, 0.6) is 0 Å². The summed E-state index contributed by atoms with van der Waals surface area (Å²) in [7, 11) is -4.17. The second-order valence-electron chi connectivity index (χ2n) is 8.17. The summed E-state index contributed by atoms with van der Waals surface area (Å²) in [5, 5.41) is 9.12. The first-order valence-electron chi connectivity index (χ1n) is 11.5. The average Bonchev–Trinajstić information content (AvgIpc) is 2.62. The third-order valence-corrected chi connectivity index (χ3v) is 6.78. The second kappa shape index (κ2) is 21.1. The van der Waals surface area contributed by atoms with Gasteiger partial charge < -0.3 is 9.66 Å². The van der Waals surface area contributed by atoms with Gasteiger partial charge in [0.05, 0.1) is 16.2 Å². The number of unbranched alkanes of at least 4 members (excludes halogenated alkanes) is 11. The van der Waals surface area contributed by atoms with Gasteiger partial charge in [-0.05, 0) is 25.7 Å². The molecule has 0 heterocycles. The van der Waals surface area contributed by atoms with Gasteiger partial charge >= 0.3 is 29.6 Å². The molecule has 0 saturated carbocycles. The average molecular weight is 429 g/mol. The monoisotopic (exact) mass is 428 g/mol. The van der Waals surface area contributed by atoms with E-state index in [0.29, 0.717) is 12.8 Å². The molecule has 2 unspecified atom stereocenters. The Kier molecular flexibility index (Phi) is 23.4. The maximum absolute atomic E-state index is 11.5. The Morgan fingerprint density at radius 1 is 0.643 bits per heavy atom. The molecule has 4 nitrogen and oxygen atoms in total. The van der Waals surface area contributed by atoms with E-state index in [1.54, 1.807) is 0 Å². The quantitative estimate of drug-likeness (QED) is 0.183. The van der Waals surface area contributed by atoms with E-state index in [9.17, 15) is 18.1 Å². The molecule has 0 aromatic carbocycles. The molecule has 0 aliphatic carbocycles. The minimum atomic E-state index is -4.17. The third kappa shape index (κ3) is 20.2. The van der Waals surface area contributed by atoms with E-state index in [1.165, 1.54) is 25.7 Å². The summed E-state index contributed by atoms with van der Waals surface area (Å²) in [5.41, 5.74) is 0. The predicted molar refractivity (Wildman–Crippen MR) is 114 cm³/mol. The van der Waals surface area contributed by atoms with Crippen LogP contribution in [0.25, 0.3) is 0 Å².